The van der Waals surface area contributed by atoms with E-state index in [1.165, 1.54) is 0 Å². The summed E-state index contributed by atoms with van der Waals surface area (Å²) in [6.45, 7) is -5.81. The van der Waals surface area contributed by atoms with Crippen molar-refractivity contribution in [1.82, 2.24) is 5.32 Å². The van der Waals surface area contributed by atoms with Crippen molar-refractivity contribution >= 4 is 11.6 Å². The lowest BCUT2D eigenvalue weighted by atomic mass is 9.59. The highest BCUT2D eigenvalue weighted by Gasteiger charge is 2.44. The summed E-state index contributed by atoms with van der Waals surface area (Å²) in [5, 5.41) is 3.72. The van der Waals surface area contributed by atoms with Gasteiger partial charge in [-0.1, -0.05) is 43.9 Å². The van der Waals surface area contributed by atoms with Crippen LogP contribution >= 0.6 is 11.6 Å². The molecule has 0 heterocycles. The van der Waals surface area contributed by atoms with Crippen molar-refractivity contribution in [1.29, 1.82) is 0 Å². The Hall–Kier alpha value is -0.530. The number of halogens is 1. The van der Waals surface area contributed by atoms with Gasteiger partial charge < -0.3 is 5.32 Å². The lowest BCUT2D eigenvalue weighted by molar-refractivity contribution is 0.157. The Labute approximate surface area is 126 Å². The van der Waals surface area contributed by atoms with Gasteiger partial charge in [-0.2, -0.15) is 0 Å². The van der Waals surface area contributed by atoms with Crippen molar-refractivity contribution in [3.05, 3.63) is 34.9 Å². The van der Waals surface area contributed by atoms with Crippen LogP contribution < -0.4 is 5.32 Å². The molecule has 2 rings (SSSR count). The van der Waals surface area contributed by atoms with Crippen LogP contribution in [0.25, 0.3) is 0 Å². The summed E-state index contributed by atoms with van der Waals surface area (Å²) in [5.41, 5.74) is 0.628. The molecule has 18 heavy (non-hydrogen) atoms. The third kappa shape index (κ3) is 2.57. The highest BCUT2D eigenvalue weighted by atomic mass is 35.5. The number of hydrogen-bond acceptors (Lipinski definition) is 1. The van der Waals surface area contributed by atoms with Crippen molar-refractivity contribution in [3.8, 4) is 0 Å². The van der Waals surface area contributed by atoms with E-state index in [9.17, 15) is 0 Å². The minimum absolute atomic E-state index is 0.279. The molecule has 1 N–H and O–H groups in total. The lowest BCUT2D eigenvalue weighted by Crippen LogP contribution is -2.52. The Balaban J connectivity index is 2.42. The molecule has 1 nitrogen and oxygen atoms in total. The number of likely N-dealkylation sites (N-methyl/N-ethyl adjacent to an activating group) is 1. The fraction of sp³-hybridized carbons (Fsp3) is 0.625. The Kier molecular flexibility index (Phi) is 2.28. The van der Waals surface area contributed by atoms with E-state index in [4.69, 9.17) is 21.2 Å². The molecule has 0 spiro atoms. The average Bonchev–Trinajstić information content (AvgIpc) is 2.44. The molecule has 1 unspecified atom stereocenters. The lowest BCUT2D eigenvalue weighted by Gasteiger charge is -2.49. The zero-order chi connectivity index (χ0) is 19.1. The minimum atomic E-state index is -2.90. The Morgan fingerprint density at radius 1 is 1.39 bits per heavy atom. The molecule has 100 valence electrons. The molecular weight excluding hydrogens is 242 g/mol. The third-order valence-electron chi connectivity index (χ3n) is 4.09. The van der Waals surface area contributed by atoms with Gasteiger partial charge >= 0.3 is 0 Å². The van der Waals surface area contributed by atoms with Crippen LogP contribution in [0.4, 0.5) is 0 Å². The number of hydrogen-bond donors (Lipinski definition) is 1. The summed E-state index contributed by atoms with van der Waals surface area (Å²) in [4.78, 5) is 0. The zero-order valence-corrected chi connectivity index (χ0v) is 11.3. The van der Waals surface area contributed by atoms with Crippen LogP contribution in [0.15, 0.2) is 24.3 Å². The number of nitrogens with one attached hydrogen (secondary N) is 1. The summed E-state index contributed by atoms with van der Waals surface area (Å²) in [7, 11) is 1.69. The molecule has 1 aliphatic carbocycles. The summed E-state index contributed by atoms with van der Waals surface area (Å²) in [6, 6.07) is 6.95. The van der Waals surface area contributed by atoms with Crippen LogP contribution in [0, 0.1) is 5.89 Å². The van der Waals surface area contributed by atoms with Gasteiger partial charge in [0, 0.05) is 26.1 Å². The Morgan fingerprint density at radius 2 is 2.06 bits per heavy atom. The largest absolute Gasteiger partial charge is 0.316 e. The SMILES string of the molecule is [2H]C([2H])([2H])C([2H])(CC(NC)C1(c2ccc(Cl)cc2)CCC1)C([2H])([2H])[2H]. The van der Waals surface area contributed by atoms with Gasteiger partial charge in [-0.05, 0) is 49.9 Å². The van der Waals surface area contributed by atoms with E-state index >= 15 is 0 Å². The van der Waals surface area contributed by atoms with E-state index in [1.807, 2.05) is 12.1 Å². The van der Waals surface area contributed by atoms with Gasteiger partial charge in [0.25, 0.3) is 0 Å². The fourth-order valence-corrected chi connectivity index (χ4v) is 3.08. The first-order valence-corrected chi connectivity index (χ1v) is 6.68. The van der Waals surface area contributed by atoms with E-state index in [-0.39, 0.29) is 11.8 Å². The highest BCUT2D eigenvalue weighted by molar-refractivity contribution is 6.30. The standard InChI is InChI=1S/C16H24ClN/c1-12(2)11-15(18-3)16(9-4-10-16)13-5-7-14(17)8-6-13/h5-8,12,15,18H,4,9-11H2,1-3H3/i1D3,2D3,12D. The van der Waals surface area contributed by atoms with Crippen molar-refractivity contribution in [2.24, 2.45) is 5.89 Å². The van der Waals surface area contributed by atoms with Crippen molar-refractivity contribution in [2.75, 3.05) is 7.05 Å². The van der Waals surface area contributed by atoms with Gasteiger partial charge in [0.15, 0.2) is 0 Å². The van der Waals surface area contributed by atoms with Crippen LogP contribution in [-0.4, -0.2) is 13.1 Å². The highest BCUT2D eigenvalue weighted by Crippen LogP contribution is 2.48. The maximum absolute atomic E-state index is 8.35. The smallest absolute Gasteiger partial charge is 0.0406 e. The summed E-state index contributed by atoms with van der Waals surface area (Å²) < 4.78 is 54.3. The predicted octanol–water partition coefficient (Wildman–Crippen LogP) is 4.40. The summed E-state index contributed by atoms with van der Waals surface area (Å²) >= 11 is 5.97. The molecule has 1 aromatic carbocycles. The van der Waals surface area contributed by atoms with Crippen LogP contribution in [0.3, 0.4) is 0 Å². The summed E-state index contributed by atoms with van der Waals surface area (Å²) in [6.07, 6.45) is 2.34. The first-order valence-electron chi connectivity index (χ1n) is 9.81. The van der Waals surface area contributed by atoms with Crippen molar-refractivity contribution < 1.29 is 9.60 Å². The van der Waals surface area contributed by atoms with E-state index < -0.39 is 25.6 Å². The van der Waals surface area contributed by atoms with Gasteiger partial charge in [0.05, 0.1) is 0 Å². The Morgan fingerprint density at radius 3 is 2.50 bits per heavy atom. The maximum Gasteiger partial charge on any atom is 0.0406 e. The summed E-state index contributed by atoms with van der Waals surface area (Å²) in [5.74, 6) is -2.53. The van der Waals surface area contributed by atoms with E-state index in [0.717, 1.165) is 24.8 Å². The molecule has 0 aromatic heterocycles. The molecule has 0 bridgehead atoms. The molecule has 0 radical (unpaired) electrons. The van der Waals surface area contributed by atoms with Gasteiger partial charge in [0.1, 0.15) is 0 Å². The first kappa shape index (κ1) is 7.31. The molecule has 2 heteroatoms. The molecule has 0 aliphatic heterocycles. The van der Waals surface area contributed by atoms with E-state index in [0.29, 0.717) is 5.02 Å². The first-order chi connectivity index (χ1) is 11.4. The molecule has 1 aromatic rings. The molecular formula is C16H24ClN. The Bertz CT molecular complexity index is 576. The van der Waals surface area contributed by atoms with Crippen LogP contribution in [-0.2, 0) is 5.41 Å². The van der Waals surface area contributed by atoms with Crippen molar-refractivity contribution in [3.63, 3.8) is 0 Å². The molecule has 0 saturated heterocycles. The fourth-order valence-electron chi connectivity index (χ4n) is 2.96. The molecule has 1 atom stereocenters. The zero-order valence-electron chi connectivity index (χ0n) is 17.6. The van der Waals surface area contributed by atoms with Gasteiger partial charge in [0.2, 0.25) is 0 Å². The van der Waals surface area contributed by atoms with E-state index in [1.54, 1.807) is 19.2 Å². The average molecular weight is 273 g/mol. The molecule has 1 saturated carbocycles. The van der Waals surface area contributed by atoms with Gasteiger partial charge in [-0.25, -0.2) is 0 Å². The second-order valence-electron chi connectivity index (χ2n) is 5.04. The predicted molar refractivity (Wildman–Crippen MR) is 79.3 cm³/mol. The van der Waals surface area contributed by atoms with Crippen molar-refractivity contribution in [2.45, 2.75) is 50.8 Å². The topological polar surface area (TPSA) is 12.0 Å². The quantitative estimate of drug-likeness (QED) is 0.838. The second kappa shape index (κ2) is 5.63. The molecule has 0 amide bonds. The normalized spacial score (nSPS) is 27.3. The third-order valence-corrected chi connectivity index (χ3v) is 4.34. The molecule has 1 fully saturated rings. The van der Waals surface area contributed by atoms with Gasteiger partial charge in [-0.3, -0.25) is 0 Å². The van der Waals surface area contributed by atoms with E-state index in [2.05, 4.69) is 5.32 Å². The van der Waals surface area contributed by atoms with Crippen LogP contribution in [0.2, 0.25) is 5.02 Å². The monoisotopic (exact) mass is 272 g/mol. The maximum atomic E-state index is 8.35. The molecule has 1 aliphatic rings. The number of rotatable bonds is 5. The van der Waals surface area contributed by atoms with Crippen LogP contribution in [0.5, 0.6) is 0 Å². The second-order valence-corrected chi connectivity index (χ2v) is 5.48. The minimum Gasteiger partial charge on any atom is -0.316 e. The van der Waals surface area contributed by atoms with Gasteiger partial charge in [-0.15, -0.1) is 0 Å². The number of benzene rings is 1. The van der Waals surface area contributed by atoms with Crippen LogP contribution in [0.1, 0.15) is 54.5 Å².